The van der Waals surface area contributed by atoms with E-state index in [2.05, 4.69) is 4.98 Å². The van der Waals surface area contributed by atoms with Gasteiger partial charge in [-0.2, -0.15) is 0 Å². The second-order valence-corrected chi connectivity index (χ2v) is 8.96. The first-order valence-electron chi connectivity index (χ1n) is 12.4. The maximum Gasteiger partial charge on any atom is 0.338 e. The summed E-state index contributed by atoms with van der Waals surface area (Å²) in [5.74, 6) is -0.936. The van der Waals surface area contributed by atoms with Crippen LogP contribution in [0.15, 0.2) is 71.7 Å². The van der Waals surface area contributed by atoms with E-state index in [0.717, 1.165) is 11.1 Å². The lowest BCUT2D eigenvalue weighted by molar-refractivity contribution is 0.0515. The van der Waals surface area contributed by atoms with Gasteiger partial charge in [0, 0.05) is 23.0 Å². The Hall–Kier alpha value is -4.43. The van der Waals surface area contributed by atoms with Crippen LogP contribution in [0.1, 0.15) is 51.3 Å². The molecule has 2 N–H and O–H groups in total. The summed E-state index contributed by atoms with van der Waals surface area (Å²) in [7, 11) is 3.86. The van der Waals surface area contributed by atoms with E-state index >= 15 is 0 Å². The van der Waals surface area contributed by atoms with Gasteiger partial charge in [-0.15, -0.1) is 0 Å². The lowest BCUT2D eigenvalue weighted by Gasteiger charge is -2.14. The molecule has 4 aromatic rings. The number of benzene rings is 3. The maximum absolute atomic E-state index is 12.8. The van der Waals surface area contributed by atoms with Crippen LogP contribution in [0.5, 0.6) is 5.88 Å². The zero-order valence-electron chi connectivity index (χ0n) is 21.9. The standard InChI is InChI=1S/C30H31N3O5/c1-5-37-29(35)20-13-15-23-25(16-20)32-28(34)26(23)27(19-10-8-7-9-11-19)31-22-14-12-21(18-33(3)4)24(17-22)30(36)38-6-2/h7-17,32,34H,5-6,18H2,1-4H3. The summed E-state index contributed by atoms with van der Waals surface area (Å²) in [5, 5.41) is 11.7. The number of aromatic amines is 1. The van der Waals surface area contributed by atoms with Crippen molar-refractivity contribution in [3.8, 4) is 5.88 Å². The van der Waals surface area contributed by atoms with E-state index in [1.165, 1.54) is 0 Å². The number of nitrogens with one attached hydrogen (secondary N) is 1. The van der Waals surface area contributed by atoms with E-state index in [0.29, 0.717) is 45.5 Å². The average Bonchev–Trinajstić information content (AvgIpc) is 3.23. The largest absolute Gasteiger partial charge is 0.494 e. The van der Waals surface area contributed by atoms with Crippen molar-refractivity contribution in [1.82, 2.24) is 9.88 Å². The number of aromatic hydroxyl groups is 1. The Morgan fingerprint density at radius 1 is 0.895 bits per heavy atom. The highest BCUT2D eigenvalue weighted by atomic mass is 16.5. The molecule has 0 radical (unpaired) electrons. The van der Waals surface area contributed by atoms with Gasteiger partial charge in [-0.3, -0.25) is 0 Å². The fourth-order valence-corrected chi connectivity index (χ4v) is 4.27. The first-order chi connectivity index (χ1) is 18.3. The van der Waals surface area contributed by atoms with E-state index in [-0.39, 0.29) is 19.1 Å². The third-order valence-corrected chi connectivity index (χ3v) is 5.89. The smallest absolute Gasteiger partial charge is 0.338 e. The molecule has 38 heavy (non-hydrogen) atoms. The van der Waals surface area contributed by atoms with Crippen molar-refractivity contribution < 1.29 is 24.2 Å². The molecule has 0 fully saturated rings. The second-order valence-electron chi connectivity index (χ2n) is 8.96. The number of aromatic nitrogens is 1. The summed E-state index contributed by atoms with van der Waals surface area (Å²) in [4.78, 5) is 34.9. The van der Waals surface area contributed by atoms with Gasteiger partial charge in [-0.05, 0) is 57.8 Å². The Kier molecular flexibility index (Phi) is 8.23. The molecule has 0 atom stereocenters. The lowest BCUT2D eigenvalue weighted by Crippen LogP contribution is -2.15. The molecule has 0 bridgehead atoms. The van der Waals surface area contributed by atoms with Crippen LogP contribution in [-0.4, -0.2) is 59.9 Å². The summed E-state index contributed by atoms with van der Waals surface area (Å²) >= 11 is 0. The van der Waals surface area contributed by atoms with Crippen molar-refractivity contribution in [3.05, 3.63) is 94.5 Å². The van der Waals surface area contributed by atoms with Crippen molar-refractivity contribution in [2.75, 3.05) is 27.3 Å². The molecular weight excluding hydrogens is 482 g/mol. The van der Waals surface area contributed by atoms with Crippen LogP contribution in [-0.2, 0) is 16.0 Å². The number of carbonyl (C=O) groups excluding carboxylic acids is 2. The number of rotatable bonds is 9. The fraction of sp³-hybridized carbons (Fsp3) is 0.233. The number of H-pyrrole nitrogens is 1. The summed E-state index contributed by atoms with van der Waals surface area (Å²) in [6, 6.07) is 20.0. The van der Waals surface area contributed by atoms with Gasteiger partial charge < -0.3 is 24.5 Å². The zero-order valence-corrected chi connectivity index (χ0v) is 21.9. The van der Waals surface area contributed by atoms with Gasteiger partial charge in [-0.25, -0.2) is 14.6 Å². The monoisotopic (exact) mass is 513 g/mol. The van der Waals surface area contributed by atoms with Gasteiger partial charge in [0.05, 0.1) is 41.3 Å². The van der Waals surface area contributed by atoms with Gasteiger partial charge in [0.1, 0.15) is 0 Å². The average molecular weight is 514 g/mol. The van der Waals surface area contributed by atoms with Gasteiger partial charge in [-0.1, -0.05) is 42.5 Å². The van der Waals surface area contributed by atoms with E-state index in [1.807, 2.05) is 61.5 Å². The highest BCUT2D eigenvalue weighted by Crippen LogP contribution is 2.33. The molecule has 0 aliphatic rings. The zero-order chi connectivity index (χ0) is 27.2. The van der Waals surface area contributed by atoms with Crippen molar-refractivity contribution in [2.45, 2.75) is 20.4 Å². The molecule has 196 valence electrons. The van der Waals surface area contributed by atoms with Crippen LogP contribution in [0.3, 0.4) is 0 Å². The van der Waals surface area contributed by atoms with Crippen LogP contribution in [0.2, 0.25) is 0 Å². The summed E-state index contributed by atoms with van der Waals surface area (Å²) in [6.45, 7) is 4.62. The van der Waals surface area contributed by atoms with Crippen LogP contribution < -0.4 is 0 Å². The Labute approximate surface area is 221 Å². The topological polar surface area (TPSA) is 104 Å². The molecule has 0 saturated carbocycles. The third-order valence-electron chi connectivity index (χ3n) is 5.89. The summed E-state index contributed by atoms with van der Waals surface area (Å²) in [6.07, 6.45) is 0. The van der Waals surface area contributed by atoms with Crippen molar-refractivity contribution in [3.63, 3.8) is 0 Å². The number of carbonyl (C=O) groups is 2. The highest BCUT2D eigenvalue weighted by molar-refractivity contribution is 6.22. The van der Waals surface area contributed by atoms with Gasteiger partial charge in [0.15, 0.2) is 5.88 Å². The molecule has 0 spiro atoms. The number of nitrogens with zero attached hydrogens (tertiary/aromatic N) is 2. The lowest BCUT2D eigenvalue weighted by atomic mass is 9.99. The Morgan fingerprint density at radius 2 is 1.61 bits per heavy atom. The van der Waals surface area contributed by atoms with Crippen LogP contribution >= 0.6 is 0 Å². The normalized spacial score (nSPS) is 11.7. The number of esters is 2. The third kappa shape index (κ3) is 5.76. The van der Waals surface area contributed by atoms with Crippen molar-refractivity contribution >= 4 is 34.2 Å². The van der Waals surface area contributed by atoms with Gasteiger partial charge >= 0.3 is 11.9 Å². The number of hydrogen-bond acceptors (Lipinski definition) is 7. The summed E-state index contributed by atoms with van der Waals surface area (Å²) < 4.78 is 10.4. The van der Waals surface area contributed by atoms with Crippen molar-refractivity contribution in [1.29, 1.82) is 0 Å². The first-order valence-corrected chi connectivity index (χ1v) is 12.4. The second kappa shape index (κ2) is 11.7. The Balaban J connectivity index is 1.89. The predicted octanol–water partition coefficient (Wildman–Crippen LogP) is 5.46. The van der Waals surface area contributed by atoms with Gasteiger partial charge in [0.25, 0.3) is 0 Å². The maximum atomic E-state index is 12.8. The Morgan fingerprint density at radius 3 is 2.29 bits per heavy atom. The predicted molar refractivity (Wildman–Crippen MR) is 147 cm³/mol. The number of hydrogen-bond donors (Lipinski definition) is 2. The molecular formula is C30H31N3O5. The summed E-state index contributed by atoms with van der Waals surface area (Å²) in [5.41, 5.74) is 4.51. The molecule has 4 rings (SSSR count). The Bertz CT molecular complexity index is 1490. The molecule has 1 heterocycles. The number of aliphatic imine (C=N–C) groups is 1. The molecule has 8 heteroatoms. The van der Waals surface area contributed by atoms with E-state index < -0.39 is 11.9 Å². The molecule has 1 aromatic heterocycles. The fourth-order valence-electron chi connectivity index (χ4n) is 4.27. The molecule has 0 aliphatic heterocycles. The molecule has 0 unspecified atom stereocenters. The molecule has 3 aromatic carbocycles. The van der Waals surface area contributed by atoms with Gasteiger partial charge in [0.2, 0.25) is 0 Å². The SMILES string of the molecule is CCOC(=O)c1ccc2c(C(=Nc3ccc(CN(C)C)c(C(=O)OCC)c3)c3ccccc3)c(O)[nH]c2c1. The van der Waals surface area contributed by atoms with Crippen molar-refractivity contribution in [2.24, 2.45) is 4.99 Å². The minimum Gasteiger partial charge on any atom is -0.494 e. The van der Waals surface area contributed by atoms with Crippen LogP contribution in [0.4, 0.5) is 5.69 Å². The molecule has 0 aliphatic carbocycles. The number of ether oxygens (including phenoxy) is 2. The first kappa shape index (κ1) is 26.6. The number of fused-ring (bicyclic) bond motifs is 1. The van der Waals surface area contributed by atoms with E-state index in [4.69, 9.17) is 14.5 Å². The minimum atomic E-state index is -0.439. The molecule has 0 saturated heterocycles. The van der Waals surface area contributed by atoms with E-state index in [1.54, 1.807) is 38.1 Å². The highest BCUT2D eigenvalue weighted by Gasteiger charge is 2.21. The van der Waals surface area contributed by atoms with E-state index in [9.17, 15) is 14.7 Å². The van der Waals surface area contributed by atoms with Crippen LogP contribution in [0, 0.1) is 0 Å². The molecule has 0 amide bonds. The molecule has 8 nitrogen and oxygen atoms in total. The minimum absolute atomic E-state index is 0.0848. The quantitative estimate of drug-likeness (QED) is 0.228. The van der Waals surface area contributed by atoms with Crippen LogP contribution in [0.25, 0.3) is 10.9 Å².